The Kier molecular flexibility index (Phi) is 77.0. The number of unbranched alkanes of at least 4 members (excludes halogenated alkanes) is 24. The van der Waals surface area contributed by atoms with Gasteiger partial charge >= 0.3 is 17.9 Å². The van der Waals surface area contributed by atoms with Gasteiger partial charge < -0.3 is 14.2 Å². The van der Waals surface area contributed by atoms with Gasteiger partial charge in [-0.1, -0.05) is 296 Å². The fourth-order valence-corrected chi connectivity index (χ4v) is 11.7. The minimum absolute atomic E-state index is 0.0491. The Morgan fingerprint density at radius 2 is 0.333 bits per heavy atom. The van der Waals surface area contributed by atoms with Crippen molar-refractivity contribution in [2.45, 2.75) is 433 Å². The smallest absolute Gasteiger partial charge is 0.306 e. The average Bonchev–Trinajstić information content (AvgIpc) is 1.45. The van der Waals surface area contributed by atoms with Gasteiger partial charge in [0.25, 0.3) is 0 Å². The van der Waals surface area contributed by atoms with E-state index in [4.69, 9.17) is 14.2 Å². The molecule has 0 rings (SSSR count). The van der Waals surface area contributed by atoms with Crippen LogP contribution in [0.1, 0.15) is 433 Å². The van der Waals surface area contributed by atoms with E-state index in [2.05, 4.69) is 198 Å². The fraction of sp³-hybridized carbons (Fsp3) is 0.719. The highest BCUT2D eigenvalue weighted by Gasteiger charge is 2.06. The van der Waals surface area contributed by atoms with Crippen LogP contribution in [0.4, 0.5) is 0 Å². The lowest BCUT2D eigenvalue weighted by Gasteiger charge is -2.05. The number of rotatable bonds is 63. The first-order valence-electron chi connectivity index (χ1n) is 42.3. The number of ether oxygens (including phenoxy) is 3. The SMILES string of the molecule is CCCCCCCCCCCC(=O)OCC=C(C)CCC=C(C)CCC=C(C)CCC=C(C)C.CCCCCCCCCCCC(=O)OCC=C(C)CCC=C(C)CCC=C(C)CCC=C(C)C.CCCCCCCCCCCC(=O)OCC=C(C)CCC=C(C)CCC=C(C)CCC=C(C)C. The molecule has 0 aliphatic heterocycles. The highest BCUT2D eigenvalue weighted by atomic mass is 16.5. The minimum atomic E-state index is -0.0491. The van der Waals surface area contributed by atoms with Crippen molar-refractivity contribution in [3.8, 4) is 0 Å². The van der Waals surface area contributed by atoms with Crippen LogP contribution in [0, 0.1) is 0 Å². The first kappa shape index (κ1) is 101. The summed E-state index contributed by atoms with van der Waals surface area (Å²) in [6.45, 7) is 40.8. The van der Waals surface area contributed by atoms with E-state index in [1.165, 1.54) is 221 Å². The van der Waals surface area contributed by atoms with Crippen molar-refractivity contribution in [2.24, 2.45) is 0 Å². The largest absolute Gasteiger partial charge is 0.461 e. The molecule has 0 spiro atoms. The predicted molar refractivity (Wildman–Crippen MR) is 454 cm³/mol. The van der Waals surface area contributed by atoms with Crippen LogP contribution in [0.3, 0.4) is 0 Å². The summed E-state index contributed by atoms with van der Waals surface area (Å²) in [6, 6.07) is 0. The third-order valence-corrected chi connectivity index (χ3v) is 18.9. The van der Waals surface area contributed by atoms with Gasteiger partial charge in [-0.15, -0.1) is 0 Å². The Hall–Kier alpha value is -4.71. The third kappa shape index (κ3) is 84.2. The number of allylic oxidation sites excluding steroid dienone is 21. The van der Waals surface area contributed by atoms with E-state index in [-0.39, 0.29) is 17.9 Å². The highest BCUT2D eigenvalue weighted by molar-refractivity contribution is 5.70. The zero-order valence-corrected chi connectivity index (χ0v) is 70.9. The number of hydrogen-bond acceptors (Lipinski definition) is 6. The Balaban J connectivity index is -0.00000144. The molecule has 0 aliphatic rings. The molecular formula is C96H168O6. The van der Waals surface area contributed by atoms with Crippen LogP contribution in [0.15, 0.2) is 140 Å². The molecule has 0 unspecified atom stereocenters. The maximum Gasteiger partial charge on any atom is 0.306 e. The molecule has 0 radical (unpaired) electrons. The second-order valence-corrected chi connectivity index (χ2v) is 30.9. The van der Waals surface area contributed by atoms with Crippen molar-refractivity contribution < 1.29 is 28.6 Å². The molecule has 0 fully saturated rings. The van der Waals surface area contributed by atoms with E-state index in [1.54, 1.807) is 0 Å². The summed E-state index contributed by atoms with van der Waals surface area (Å²) < 4.78 is 16.2. The summed E-state index contributed by atoms with van der Waals surface area (Å²) in [7, 11) is 0. The zero-order valence-electron chi connectivity index (χ0n) is 70.9. The third-order valence-electron chi connectivity index (χ3n) is 18.9. The van der Waals surface area contributed by atoms with Crippen LogP contribution in [-0.2, 0) is 28.6 Å². The number of hydrogen-bond donors (Lipinski definition) is 0. The summed E-state index contributed by atoms with van der Waals surface area (Å²) in [5.41, 5.74) is 17.0. The molecule has 588 valence electrons. The molecule has 0 aromatic heterocycles. The fourth-order valence-electron chi connectivity index (χ4n) is 11.7. The molecule has 0 aromatic rings. The van der Waals surface area contributed by atoms with Gasteiger partial charge in [-0.25, -0.2) is 0 Å². The van der Waals surface area contributed by atoms with E-state index in [0.717, 1.165) is 135 Å². The van der Waals surface area contributed by atoms with E-state index in [9.17, 15) is 14.4 Å². The first-order chi connectivity index (χ1) is 49.0. The van der Waals surface area contributed by atoms with E-state index in [1.807, 2.05) is 0 Å². The molecule has 0 bridgehead atoms. The summed E-state index contributed by atoms with van der Waals surface area (Å²) in [5.74, 6) is -0.147. The van der Waals surface area contributed by atoms with Crippen LogP contribution in [-0.4, -0.2) is 37.7 Å². The van der Waals surface area contributed by atoms with Gasteiger partial charge in [0, 0.05) is 19.3 Å². The van der Waals surface area contributed by atoms with Crippen molar-refractivity contribution in [3.05, 3.63) is 140 Å². The highest BCUT2D eigenvalue weighted by Crippen LogP contribution is 2.20. The van der Waals surface area contributed by atoms with Crippen LogP contribution >= 0.6 is 0 Å². The quantitative estimate of drug-likeness (QED) is 0.0261. The Morgan fingerprint density at radius 1 is 0.186 bits per heavy atom. The first-order valence-corrected chi connectivity index (χ1v) is 42.3. The molecule has 0 saturated heterocycles. The molecule has 6 nitrogen and oxygen atoms in total. The van der Waals surface area contributed by atoms with Crippen molar-refractivity contribution in [1.29, 1.82) is 0 Å². The zero-order chi connectivity index (χ0) is 76.3. The van der Waals surface area contributed by atoms with Gasteiger partial charge in [0.05, 0.1) is 0 Å². The lowest BCUT2D eigenvalue weighted by molar-refractivity contribution is -0.143. The van der Waals surface area contributed by atoms with E-state index < -0.39 is 0 Å². The Bertz CT molecular complexity index is 2150. The summed E-state index contributed by atoms with van der Waals surface area (Å²) in [6.07, 6.45) is 83.4. The van der Waals surface area contributed by atoms with Gasteiger partial charge in [-0.05, 0) is 257 Å². The molecule has 0 aliphatic carbocycles. The van der Waals surface area contributed by atoms with Crippen molar-refractivity contribution in [2.75, 3.05) is 19.8 Å². The Morgan fingerprint density at radius 3 is 0.500 bits per heavy atom. The van der Waals surface area contributed by atoms with Crippen molar-refractivity contribution in [3.63, 3.8) is 0 Å². The van der Waals surface area contributed by atoms with Crippen LogP contribution in [0.25, 0.3) is 0 Å². The van der Waals surface area contributed by atoms with Crippen LogP contribution in [0.5, 0.6) is 0 Å². The van der Waals surface area contributed by atoms with Crippen LogP contribution < -0.4 is 0 Å². The van der Waals surface area contributed by atoms with E-state index in [0.29, 0.717) is 39.1 Å². The topological polar surface area (TPSA) is 78.9 Å². The number of carbonyl (C=O) groups excluding carboxylic acids is 3. The van der Waals surface area contributed by atoms with Gasteiger partial charge in [0.15, 0.2) is 0 Å². The molecule has 0 aromatic carbocycles. The molecular weight excluding hydrogens is 1250 g/mol. The second kappa shape index (κ2) is 77.4. The molecule has 102 heavy (non-hydrogen) atoms. The summed E-state index contributed by atoms with van der Waals surface area (Å²) >= 11 is 0. The maximum atomic E-state index is 11.9. The standard InChI is InChI=1S/3C32H56O2/c3*1-7-8-9-10-11-12-13-14-15-25-32(33)34-27-26-31(6)24-18-23-30(5)22-17-21-29(4)20-16-19-28(2)3/h3*19,21,23,26H,7-18,20,22,24-25,27H2,1-6H3. The predicted octanol–water partition coefficient (Wildman–Crippen LogP) is 31.8. The number of esters is 3. The van der Waals surface area contributed by atoms with E-state index >= 15 is 0 Å². The normalized spacial score (nSPS) is 12.7. The van der Waals surface area contributed by atoms with Gasteiger partial charge in [-0.3, -0.25) is 14.4 Å². The molecule has 0 saturated carbocycles. The minimum Gasteiger partial charge on any atom is -0.461 e. The van der Waals surface area contributed by atoms with Gasteiger partial charge in [0.2, 0.25) is 0 Å². The molecule has 0 atom stereocenters. The summed E-state index contributed by atoms with van der Waals surface area (Å²) in [4.78, 5) is 35.7. The second-order valence-electron chi connectivity index (χ2n) is 30.9. The number of carbonyl (C=O) groups is 3. The van der Waals surface area contributed by atoms with Gasteiger partial charge in [0.1, 0.15) is 19.8 Å². The maximum absolute atomic E-state index is 11.9. The van der Waals surface area contributed by atoms with Crippen molar-refractivity contribution in [1.82, 2.24) is 0 Å². The lowest BCUT2D eigenvalue weighted by Crippen LogP contribution is -2.04. The summed E-state index contributed by atoms with van der Waals surface area (Å²) in [5, 5.41) is 0. The van der Waals surface area contributed by atoms with Gasteiger partial charge in [-0.2, -0.15) is 0 Å². The molecule has 6 heteroatoms. The molecule has 0 amide bonds. The monoisotopic (exact) mass is 1420 g/mol. The van der Waals surface area contributed by atoms with Crippen molar-refractivity contribution >= 4 is 17.9 Å². The average molecular weight is 1420 g/mol. The lowest BCUT2D eigenvalue weighted by atomic mass is 10.0. The van der Waals surface area contributed by atoms with Crippen LogP contribution in [0.2, 0.25) is 0 Å². The molecule has 0 N–H and O–H groups in total. The Labute approximate surface area is 635 Å². The molecule has 0 heterocycles.